The van der Waals surface area contributed by atoms with Crippen LogP contribution in [0.15, 0.2) is 48.5 Å². The lowest BCUT2D eigenvalue weighted by molar-refractivity contribution is 0.896. The molecule has 2 unspecified atom stereocenters. The van der Waals surface area contributed by atoms with Crippen molar-refractivity contribution in [2.45, 2.75) is 10.8 Å². The van der Waals surface area contributed by atoms with Gasteiger partial charge in [-0.05, 0) is 23.3 Å². The Morgan fingerprint density at radius 1 is 0.778 bits per heavy atom. The third-order valence-corrected chi connectivity index (χ3v) is 4.55. The second-order valence-corrected chi connectivity index (χ2v) is 5.42. The Bertz CT molecular complexity index is 531. The molecule has 18 heavy (non-hydrogen) atoms. The summed E-state index contributed by atoms with van der Waals surface area (Å²) in [6, 6.07) is 16.3. The lowest BCUT2D eigenvalue weighted by Crippen LogP contribution is -2.10. The third kappa shape index (κ3) is 1.70. The van der Waals surface area contributed by atoms with Crippen LogP contribution >= 0.6 is 23.2 Å². The molecule has 0 aliphatic carbocycles. The monoisotopic (exact) mass is 277 g/mol. The normalized spacial score (nSPS) is 22.1. The van der Waals surface area contributed by atoms with Crippen LogP contribution in [-0.4, -0.2) is 7.05 Å². The molecule has 0 bridgehead atoms. The SMILES string of the molecule is CN1c2ccccc2C(Cl)C(Cl)c2ccccc21. The van der Waals surface area contributed by atoms with Crippen molar-refractivity contribution in [3.8, 4) is 0 Å². The predicted octanol–water partition coefficient (Wildman–Crippen LogP) is 5.03. The third-order valence-electron chi connectivity index (χ3n) is 3.45. The first-order valence-corrected chi connectivity index (χ1v) is 6.77. The molecule has 0 amide bonds. The molecule has 2 aromatic rings. The molecule has 2 atom stereocenters. The number of rotatable bonds is 0. The van der Waals surface area contributed by atoms with Gasteiger partial charge in [-0.1, -0.05) is 36.4 Å². The number of benzene rings is 2. The second kappa shape index (κ2) is 4.49. The Hall–Kier alpha value is -1.18. The zero-order valence-corrected chi connectivity index (χ0v) is 11.5. The predicted molar refractivity (Wildman–Crippen MR) is 78.1 cm³/mol. The number of nitrogens with zero attached hydrogens (tertiary/aromatic N) is 1. The Morgan fingerprint density at radius 2 is 1.17 bits per heavy atom. The van der Waals surface area contributed by atoms with Crippen LogP contribution in [0.1, 0.15) is 21.9 Å². The summed E-state index contributed by atoms with van der Waals surface area (Å²) in [5.41, 5.74) is 4.40. The van der Waals surface area contributed by atoms with Gasteiger partial charge in [-0.2, -0.15) is 0 Å². The number of alkyl halides is 2. The minimum absolute atomic E-state index is 0.214. The molecule has 0 spiro atoms. The molecule has 0 saturated heterocycles. The Balaban J connectivity index is 2.28. The van der Waals surface area contributed by atoms with Gasteiger partial charge in [0.15, 0.2) is 0 Å². The highest BCUT2D eigenvalue weighted by Gasteiger charge is 2.30. The first-order valence-electron chi connectivity index (χ1n) is 5.90. The standard InChI is InChI=1S/C15H13Cl2N/c1-18-12-8-4-2-6-10(12)14(16)15(17)11-7-3-5-9-13(11)18/h2-9,14-15H,1H3. The molecule has 2 aromatic carbocycles. The first kappa shape index (κ1) is 11.9. The van der Waals surface area contributed by atoms with Crippen LogP contribution in [0, 0.1) is 0 Å². The topological polar surface area (TPSA) is 3.24 Å². The van der Waals surface area contributed by atoms with E-state index in [2.05, 4.69) is 24.1 Å². The van der Waals surface area contributed by atoms with Crippen molar-refractivity contribution in [1.29, 1.82) is 0 Å². The maximum absolute atomic E-state index is 6.54. The molecule has 3 rings (SSSR count). The number of hydrogen-bond donors (Lipinski definition) is 0. The van der Waals surface area contributed by atoms with Gasteiger partial charge in [0.2, 0.25) is 0 Å². The molecule has 0 radical (unpaired) electrons. The van der Waals surface area contributed by atoms with E-state index in [1.807, 2.05) is 36.4 Å². The summed E-state index contributed by atoms with van der Waals surface area (Å²) in [6.07, 6.45) is 0. The molecular formula is C15H13Cl2N. The molecule has 1 heterocycles. The zero-order chi connectivity index (χ0) is 12.7. The average Bonchev–Trinajstić information content (AvgIpc) is 2.51. The van der Waals surface area contributed by atoms with Crippen molar-refractivity contribution in [3.05, 3.63) is 59.7 Å². The summed E-state index contributed by atoms with van der Waals surface area (Å²) in [4.78, 5) is 2.16. The number of halogens is 2. The van der Waals surface area contributed by atoms with Gasteiger partial charge in [0.1, 0.15) is 0 Å². The van der Waals surface area contributed by atoms with Crippen molar-refractivity contribution in [2.75, 3.05) is 11.9 Å². The molecule has 0 fully saturated rings. The van der Waals surface area contributed by atoms with Gasteiger partial charge in [-0.25, -0.2) is 0 Å². The van der Waals surface area contributed by atoms with Crippen LogP contribution in [0.2, 0.25) is 0 Å². The lowest BCUT2D eigenvalue weighted by atomic mass is 10.0. The van der Waals surface area contributed by atoms with Crippen LogP contribution in [0.3, 0.4) is 0 Å². The van der Waals surface area contributed by atoms with E-state index in [0.717, 1.165) is 22.5 Å². The van der Waals surface area contributed by atoms with E-state index in [0.29, 0.717) is 0 Å². The maximum atomic E-state index is 6.54. The Morgan fingerprint density at radius 3 is 1.61 bits per heavy atom. The van der Waals surface area contributed by atoms with Crippen molar-refractivity contribution >= 4 is 34.6 Å². The summed E-state index contributed by atoms with van der Waals surface area (Å²) >= 11 is 13.1. The van der Waals surface area contributed by atoms with Crippen molar-refractivity contribution in [1.82, 2.24) is 0 Å². The zero-order valence-electron chi connectivity index (χ0n) is 9.98. The van der Waals surface area contributed by atoms with Gasteiger partial charge >= 0.3 is 0 Å². The molecule has 0 aromatic heterocycles. The molecule has 1 nitrogen and oxygen atoms in total. The van der Waals surface area contributed by atoms with Gasteiger partial charge in [-0.3, -0.25) is 0 Å². The first-order chi connectivity index (χ1) is 8.70. The van der Waals surface area contributed by atoms with Gasteiger partial charge in [-0.15, -0.1) is 23.2 Å². The summed E-state index contributed by atoms with van der Waals surface area (Å²) in [5.74, 6) is 0. The van der Waals surface area contributed by atoms with Gasteiger partial charge < -0.3 is 4.90 Å². The highest BCUT2D eigenvalue weighted by molar-refractivity contribution is 6.31. The number of para-hydroxylation sites is 2. The summed E-state index contributed by atoms with van der Waals surface area (Å²) in [6.45, 7) is 0. The minimum atomic E-state index is -0.214. The molecule has 1 aliphatic rings. The highest BCUT2D eigenvalue weighted by Crippen LogP contribution is 2.49. The number of anilines is 2. The van der Waals surface area contributed by atoms with E-state index in [1.54, 1.807) is 0 Å². The minimum Gasteiger partial charge on any atom is -0.344 e. The van der Waals surface area contributed by atoms with Gasteiger partial charge in [0.05, 0.1) is 10.8 Å². The quantitative estimate of drug-likeness (QED) is 0.611. The van der Waals surface area contributed by atoms with Crippen molar-refractivity contribution < 1.29 is 0 Å². The van der Waals surface area contributed by atoms with Crippen LogP contribution in [-0.2, 0) is 0 Å². The van der Waals surface area contributed by atoms with E-state index in [1.165, 1.54) is 0 Å². The molecule has 0 saturated carbocycles. The fraction of sp³-hybridized carbons (Fsp3) is 0.200. The highest BCUT2D eigenvalue weighted by atomic mass is 35.5. The fourth-order valence-corrected chi connectivity index (χ4v) is 3.14. The number of fused-ring (bicyclic) bond motifs is 2. The van der Waals surface area contributed by atoms with Gasteiger partial charge in [0.25, 0.3) is 0 Å². The maximum Gasteiger partial charge on any atom is 0.0810 e. The fourth-order valence-electron chi connectivity index (χ4n) is 2.50. The summed E-state index contributed by atoms with van der Waals surface area (Å²) in [7, 11) is 2.05. The van der Waals surface area contributed by atoms with Crippen molar-refractivity contribution in [3.63, 3.8) is 0 Å². The van der Waals surface area contributed by atoms with Gasteiger partial charge in [0, 0.05) is 18.4 Å². The lowest BCUT2D eigenvalue weighted by Gasteiger charge is -2.21. The van der Waals surface area contributed by atoms with Crippen LogP contribution in [0.25, 0.3) is 0 Å². The van der Waals surface area contributed by atoms with E-state index in [-0.39, 0.29) is 10.8 Å². The van der Waals surface area contributed by atoms with Crippen molar-refractivity contribution in [2.24, 2.45) is 0 Å². The van der Waals surface area contributed by atoms with Crippen LogP contribution < -0.4 is 4.90 Å². The second-order valence-electron chi connectivity index (χ2n) is 4.48. The smallest absolute Gasteiger partial charge is 0.0810 e. The molecule has 1 aliphatic heterocycles. The number of hydrogen-bond acceptors (Lipinski definition) is 1. The summed E-state index contributed by atoms with van der Waals surface area (Å²) < 4.78 is 0. The Labute approximate surface area is 117 Å². The van der Waals surface area contributed by atoms with Crippen LogP contribution in [0.5, 0.6) is 0 Å². The van der Waals surface area contributed by atoms with E-state index < -0.39 is 0 Å². The van der Waals surface area contributed by atoms with E-state index in [9.17, 15) is 0 Å². The largest absolute Gasteiger partial charge is 0.344 e. The van der Waals surface area contributed by atoms with E-state index >= 15 is 0 Å². The summed E-state index contributed by atoms with van der Waals surface area (Å²) in [5, 5.41) is -0.428. The molecule has 3 heteroatoms. The molecule has 92 valence electrons. The van der Waals surface area contributed by atoms with E-state index in [4.69, 9.17) is 23.2 Å². The Kier molecular flexibility index (Phi) is 2.96. The average molecular weight is 278 g/mol. The van der Waals surface area contributed by atoms with Crippen LogP contribution in [0.4, 0.5) is 11.4 Å². The molecular weight excluding hydrogens is 265 g/mol. The molecule has 0 N–H and O–H groups in total.